The highest BCUT2D eigenvalue weighted by Crippen LogP contribution is 2.26. The number of nitrogens with zero attached hydrogens (tertiary/aromatic N) is 3. The van der Waals surface area contributed by atoms with Crippen molar-refractivity contribution in [2.24, 2.45) is 5.14 Å². The number of primary sulfonamides is 1. The zero-order valence-electron chi connectivity index (χ0n) is 14.8. The van der Waals surface area contributed by atoms with Crippen LogP contribution >= 0.6 is 0 Å². The summed E-state index contributed by atoms with van der Waals surface area (Å²) < 4.78 is 56.7. The van der Waals surface area contributed by atoms with Crippen molar-refractivity contribution in [1.82, 2.24) is 9.78 Å². The summed E-state index contributed by atoms with van der Waals surface area (Å²) in [7, 11) is 2.41. The van der Waals surface area contributed by atoms with Gasteiger partial charge in [0.05, 0.1) is 26.8 Å². The molecule has 0 aliphatic heterocycles. The maximum Gasteiger partial charge on any atom is 0.430 e. The predicted molar refractivity (Wildman–Crippen MR) is 81.5 cm³/mol. The average Bonchev–Trinajstić information content (AvgIpc) is 2.80. The van der Waals surface area contributed by atoms with Crippen LogP contribution in [0.25, 0.3) is 0 Å². The number of carboxylic acid groups (broad SMARTS) is 1. The minimum Gasteiger partial charge on any atom is -0.542 e. The number of sulfonamides is 1. The third-order valence-electron chi connectivity index (χ3n) is 3.34. The first-order valence-corrected chi connectivity index (χ1v) is 8.65. The Morgan fingerprint density at radius 2 is 1.68 bits per heavy atom. The number of alkyl halides is 3. The maximum absolute atomic E-state index is 11.4. The van der Waals surface area contributed by atoms with Gasteiger partial charge in [-0.05, 0) is 20.8 Å². The van der Waals surface area contributed by atoms with E-state index in [1.54, 1.807) is 10.7 Å². The molecule has 0 aliphatic carbocycles. The van der Waals surface area contributed by atoms with Crippen LogP contribution in [0, 0.1) is 0 Å². The molecule has 0 fully saturated rings. The number of carbonyl (C=O) groups excluding carboxylic acids is 1. The first kappa shape index (κ1) is 23.3. The van der Waals surface area contributed by atoms with Gasteiger partial charge in [-0.1, -0.05) is 0 Å². The van der Waals surface area contributed by atoms with Gasteiger partial charge in [0.15, 0.2) is 5.03 Å². The van der Waals surface area contributed by atoms with Gasteiger partial charge >= 0.3 is 6.18 Å². The SMILES string of the molecule is CC(C)n1nc(S(N)(=O)=O)cc1C(C)[N+](C)(C)C.O=C([O-])C(F)(F)F. The number of quaternary nitrogens is 1. The van der Waals surface area contributed by atoms with E-state index in [1.165, 1.54) is 0 Å². The Labute approximate surface area is 144 Å². The summed E-state index contributed by atoms with van der Waals surface area (Å²) in [5.74, 6) is -3.01. The number of hydrogen-bond acceptors (Lipinski definition) is 5. The minimum atomic E-state index is -5.19. The Balaban J connectivity index is 0.000000697. The molecule has 0 saturated heterocycles. The van der Waals surface area contributed by atoms with Crippen molar-refractivity contribution in [2.45, 2.75) is 44.1 Å². The van der Waals surface area contributed by atoms with Gasteiger partial charge in [-0.15, -0.1) is 0 Å². The van der Waals surface area contributed by atoms with E-state index >= 15 is 0 Å². The van der Waals surface area contributed by atoms with E-state index in [9.17, 15) is 21.6 Å². The summed E-state index contributed by atoms with van der Waals surface area (Å²) in [5, 5.41) is 18.0. The van der Waals surface area contributed by atoms with Gasteiger partial charge in [0, 0.05) is 12.1 Å². The molecular weight excluding hydrogens is 365 g/mol. The molecule has 0 saturated carbocycles. The third-order valence-corrected chi connectivity index (χ3v) is 4.13. The second-order valence-electron chi connectivity index (χ2n) is 6.57. The van der Waals surface area contributed by atoms with Crippen LogP contribution < -0.4 is 10.2 Å². The smallest absolute Gasteiger partial charge is 0.430 e. The molecule has 0 radical (unpaired) electrons. The van der Waals surface area contributed by atoms with Gasteiger partial charge in [-0.2, -0.15) is 18.3 Å². The summed E-state index contributed by atoms with van der Waals surface area (Å²) in [6.07, 6.45) is -5.19. The number of aromatic nitrogens is 2. The number of nitrogens with two attached hydrogens (primary N) is 1. The lowest BCUT2D eigenvalue weighted by Gasteiger charge is -2.32. The fourth-order valence-corrected chi connectivity index (χ4v) is 2.13. The van der Waals surface area contributed by atoms with Gasteiger partial charge in [-0.25, -0.2) is 13.6 Å². The van der Waals surface area contributed by atoms with Gasteiger partial charge in [0.2, 0.25) is 0 Å². The Bertz CT molecular complexity index is 706. The maximum atomic E-state index is 11.4. The lowest BCUT2D eigenvalue weighted by atomic mass is 10.2. The normalized spacial score (nSPS) is 14.0. The molecule has 1 aromatic heterocycles. The quantitative estimate of drug-likeness (QED) is 0.738. The topological polar surface area (TPSA) is 118 Å². The van der Waals surface area contributed by atoms with E-state index < -0.39 is 22.2 Å². The van der Waals surface area contributed by atoms with E-state index in [-0.39, 0.29) is 17.1 Å². The van der Waals surface area contributed by atoms with Crippen molar-refractivity contribution in [1.29, 1.82) is 0 Å². The van der Waals surface area contributed by atoms with Gasteiger partial charge < -0.3 is 14.4 Å². The molecule has 0 amide bonds. The summed E-state index contributed by atoms with van der Waals surface area (Å²) in [6.45, 7) is 5.97. The van der Waals surface area contributed by atoms with Crippen LogP contribution in [-0.4, -0.2) is 56.0 Å². The standard InChI is InChI=1S/C11H23N4O2S.C2HF3O2/c1-8(2)14-10(9(3)15(4,5)6)7-11(13-14)18(12,16)17;3-2(4,5)1(6)7/h7-9H,1-6H3,(H2,12,16,17);(H,6,7)/q+1;/p-1. The number of hydrogen-bond donors (Lipinski definition) is 1. The molecule has 0 bridgehead atoms. The lowest BCUT2D eigenvalue weighted by Crippen LogP contribution is -2.38. The van der Waals surface area contributed by atoms with Gasteiger partial charge in [0.25, 0.3) is 10.0 Å². The van der Waals surface area contributed by atoms with Crippen molar-refractivity contribution in [2.75, 3.05) is 21.1 Å². The van der Waals surface area contributed by atoms with Crippen LogP contribution in [0.15, 0.2) is 11.1 Å². The molecule has 2 N–H and O–H groups in total. The van der Waals surface area contributed by atoms with Crippen LogP contribution in [0.5, 0.6) is 0 Å². The van der Waals surface area contributed by atoms with E-state index in [4.69, 9.17) is 15.0 Å². The van der Waals surface area contributed by atoms with E-state index in [1.807, 2.05) is 20.8 Å². The lowest BCUT2D eigenvalue weighted by molar-refractivity contribution is -0.900. The second-order valence-corrected chi connectivity index (χ2v) is 8.08. The Morgan fingerprint density at radius 3 is 1.92 bits per heavy atom. The summed E-state index contributed by atoms with van der Waals surface area (Å²) >= 11 is 0. The molecule has 1 unspecified atom stereocenters. The molecular formula is C13H23F3N4O4S. The number of carboxylic acids is 1. The van der Waals surface area contributed by atoms with Crippen molar-refractivity contribution in [3.8, 4) is 0 Å². The summed E-state index contributed by atoms with van der Waals surface area (Å²) in [6, 6.07) is 1.78. The van der Waals surface area contributed by atoms with Crippen LogP contribution in [0.4, 0.5) is 13.2 Å². The monoisotopic (exact) mass is 388 g/mol. The van der Waals surface area contributed by atoms with Crippen LogP contribution in [0.3, 0.4) is 0 Å². The highest BCUT2D eigenvalue weighted by atomic mass is 32.2. The Kier molecular flexibility index (Phi) is 7.19. The Hall–Kier alpha value is -1.66. The highest BCUT2D eigenvalue weighted by molar-refractivity contribution is 7.89. The Morgan fingerprint density at radius 1 is 1.28 bits per heavy atom. The molecule has 1 rings (SSSR count). The molecule has 8 nitrogen and oxygen atoms in total. The fourth-order valence-electron chi connectivity index (χ4n) is 1.65. The molecule has 1 aromatic rings. The number of aliphatic carboxylic acids is 1. The number of rotatable bonds is 4. The van der Waals surface area contributed by atoms with Crippen LogP contribution in [-0.2, 0) is 14.8 Å². The minimum absolute atomic E-state index is 0.0634. The summed E-state index contributed by atoms with van der Waals surface area (Å²) in [5.41, 5.74) is 0.876. The zero-order chi connectivity index (χ0) is 20.4. The van der Waals surface area contributed by atoms with Crippen molar-refractivity contribution < 1.29 is 36.0 Å². The van der Waals surface area contributed by atoms with E-state index in [2.05, 4.69) is 26.2 Å². The third kappa shape index (κ3) is 7.00. The number of halogens is 3. The molecule has 25 heavy (non-hydrogen) atoms. The molecule has 0 aromatic carbocycles. The average molecular weight is 388 g/mol. The molecule has 1 heterocycles. The zero-order valence-corrected chi connectivity index (χ0v) is 15.6. The molecule has 146 valence electrons. The predicted octanol–water partition coefficient (Wildman–Crippen LogP) is 0.177. The van der Waals surface area contributed by atoms with Gasteiger partial charge in [0.1, 0.15) is 12.0 Å². The second kappa shape index (κ2) is 7.70. The molecule has 0 aliphatic rings. The fraction of sp³-hybridized carbons (Fsp3) is 0.692. The highest BCUT2D eigenvalue weighted by Gasteiger charge is 2.29. The van der Waals surface area contributed by atoms with Crippen LogP contribution in [0.2, 0.25) is 0 Å². The van der Waals surface area contributed by atoms with E-state index in [0.717, 1.165) is 5.69 Å². The van der Waals surface area contributed by atoms with Crippen molar-refractivity contribution >= 4 is 16.0 Å². The van der Waals surface area contributed by atoms with Gasteiger partial charge in [-0.3, -0.25) is 4.68 Å². The molecule has 0 spiro atoms. The molecule has 1 atom stereocenters. The van der Waals surface area contributed by atoms with Crippen LogP contribution in [0.1, 0.15) is 38.5 Å². The van der Waals surface area contributed by atoms with Crippen molar-refractivity contribution in [3.05, 3.63) is 11.8 Å². The first-order chi connectivity index (χ1) is 10.9. The first-order valence-electron chi connectivity index (χ1n) is 7.10. The molecule has 12 heteroatoms. The summed E-state index contributed by atoms with van der Waals surface area (Å²) in [4.78, 5) is 8.78. The number of carbonyl (C=O) groups is 1. The largest absolute Gasteiger partial charge is 0.542 e. The van der Waals surface area contributed by atoms with E-state index in [0.29, 0.717) is 4.48 Å². The van der Waals surface area contributed by atoms with Crippen molar-refractivity contribution in [3.63, 3.8) is 0 Å².